The normalized spacial score (nSPS) is 19.9. The molecule has 0 aromatic carbocycles. The highest BCUT2D eigenvalue weighted by Crippen LogP contribution is 2.25. The molecule has 0 radical (unpaired) electrons. The van der Waals surface area contributed by atoms with E-state index in [0.717, 1.165) is 61.2 Å². The quantitative estimate of drug-likeness (QED) is 0.817. The molecule has 0 aliphatic carbocycles. The zero-order valence-corrected chi connectivity index (χ0v) is 11.0. The van der Waals surface area contributed by atoms with Crippen molar-refractivity contribution in [1.82, 2.24) is 19.8 Å². The Kier molecular flexibility index (Phi) is 3.53. The summed E-state index contributed by atoms with van der Waals surface area (Å²) in [5.74, 6) is 1.29. The van der Waals surface area contributed by atoms with Gasteiger partial charge in [-0.1, -0.05) is 11.3 Å². The van der Waals surface area contributed by atoms with E-state index in [1.54, 1.807) is 11.3 Å². The number of aryl methyl sites for hydroxylation is 1. The summed E-state index contributed by atoms with van der Waals surface area (Å²) in [6, 6.07) is 0. The van der Waals surface area contributed by atoms with E-state index in [1.807, 2.05) is 4.52 Å². The molecule has 0 spiro atoms. The van der Waals surface area contributed by atoms with Gasteiger partial charge in [-0.3, -0.25) is 0 Å². The Morgan fingerprint density at radius 2 is 2.33 bits per heavy atom. The second kappa shape index (κ2) is 5.29. The maximum atomic E-state index is 5.50. The Hall–Kier alpha value is -1.05. The molecule has 2 aromatic rings. The number of hydrogen-bond donors (Lipinski definition) is 1. The summed E-state index contributed by atoms with van der Waals surface area (Å²) in [6.07, 6.45) is 4.12. The highest BCUT2D eigenvalue weighted by Gasteiger charge is 2.24. The third kappa shape index (κ3) is 2.25. The second-order valence-electron chi connectivity index (χ2n) is 4.55. The molecule has 7 heteroatoms. The van der Waals surface area contributed by atoms with Gasteiger partial charge in [0.2, 0.25) is 4.96 Å². The van der Waals surface area contributed by atoms with E-state index in [0.29, 0.717) is 5.92 Å². The summed E-state index contributed by atoms with van der Waals surface area (Å²) in [5, 5.41) is 14.2. The molecule has 1 saturated heterocycles. The number of nitrogens with zero attached hydrogens (tertiary/aromatic N) is 4. The van der Waals surface area contributed by atoms with E-state index in [1.165, 1.54) is 0 Å². The van der Waals surface area contributed by atoms with Crippen molar-refractivity contribution < 1.29 is 4.74 Å². The van der Waals surface area contributed by atoms with Crippen molar-refractivity contribution in [2.24, 2.45) is 5.73 Å². The minimum Gasteiger partial charge on any atom is -0.381 e. The van der Waals surface area contributed by atoms with Gasteiger partial charge < -0.3 is 10.5 Å². The van der Waals surface area contributed by atoms with Gasteiger partial charge >= 0.3 is 0 Å². The summed E-state index contributed by atoms with van der Waals surface area (Å²) in [5.41, 5.74) is 5.50. The molecule has 98 valence electrons. The van der Waals surface area contributed by atoms with E-state index in [9.17, 15) is 0 Å². The zero-order chi connectivity index (χ0) is 12.4. The Labute approximate surface area is 109 Å². The van der Waals surface area contributed by atoms with Crippen molar-refractivity contribution >= 4 is 16.3 Å². The molecule has 0 saturated carbocycles. The number of hydrogen-bond acceptors (Lipinski definition) is 6. The maximum Gasteiger partial charge on any atom is 0.234 e. The van der Waals surface area contributed by atoms with Crippen LogP contribution in [0.3, 0.4) is 0 Å². The van der Waals surface area contributed by atoms with Crippen LogP contribution in [0.25, 0.3) is 4.96 Å². The van der Waals surface area contributed by atoms with Gasteiger partial charge in [0.15, 0.2) is 5.82 Å². The lowest BCUT2D eigenvalue weighted by molar-refractivity contribution is 0.193. The molecule has 0 amide bonds. The first-order chi connectivity index (χ1) is 8.88. The van der Waals surface area contributed by atoms with Crippen molar-refractivity contribution in [3.8, 4) is 0 Å². The minimum absolute atomic E-state index is 0.346. The van der Waals surface area contributed by atoms with E-state index in [-0.39, 0.29) is 0 Å². The molecule has 1 aliphatic heterocycles. The molecule has 3 rings (SSSR count). The van der Waals surface area contributed by atoms with Crippen LogP contribution in [0.5, 0.6) is 0 Å². The molecular formula is C11H17N5OS. The van der Waals surface area contributed by atoms with Gasteiger partial charge in [-0.2, -0.15) is 9.61 Å². The van der Waals surface area contributed by atoms with Crippen LogP contribution >= 0.6 is 11.3 Å². The summed E-state index contributed by atoms with van der Waals surface area (Å²) in [7, 11) is 0. The molecule has 6 nitrogen and oxygen atoms in total. The predicted octanol–water partition coefficient (Wildman–Crippen LogP) is 0.971. The highest BCUT2D eigenvalue weighted by molar-refractivity contribution is 7.16. The van der Waals surface area contributed by atoms with Crippen molar-refractivity contribution in [1.29, 1.82) is 0 Å². The number of unbranched alkanes of at least 4 members (excludes halogenated alkanes) is 1. The van der Waals surface area contributed by atoms with E-state index in [2.05, 4.69) is 15.3 Å². The average molecular weight is 267 g/mol. The first kappa shape index (κ1) is 12.0. The van der Waals surface area contributed by atoms with Gasteiger partial charge in [0, 0.05) is 18.9 Å². The first-order valence-corrected chi connectivity index (χ1v) is 7.19. The van der Waals surface area contributed by atoms with Crippen LogP contribution in [0.2, 0.25) is 0 Å². The van der Waals surface area contributed by atoms with Crippen LogP contribution in [0, 0.1) is 0 Å². The SMILES string of the molecule is NCCCCc1nn2c(C3CCOC3)nnc2s1. The average Bonchev–Trinajstić information content (AvgIpc) is 3.03. The third-order valence-corrected chi connectivity index (χ3v) is 4.15. The largest absolute Gasteiger partial charge is 0.381 e. The summed E-state index contributed by atoms with van der Waals surface area (Å²) < 4.78 is 7.29. The van der Waals surface area contributed by atoms with E-state index >= 15 is 0 Å². The molecular weight excluding hydrogens is 250 g/mol. The topological polar surface area (TPSA) is 78.3 Å². The number of ether oxygens (including phenoxy) is 1. The molecule has 1 unspecified atom stereocenters. The second-order valence-corrected chi connectivity index (χ2v) is 5.60. The fraction of sp³-hybridized carbons (Fsp3) is 0.727. The summed E-state index contributed by atoms with van der Waals surface area (Å²) >= 11 is 1.62. The fourth-order valence-corrected chi connectivity index (χ4v) is 3.07. The van der Waals surface area contributed by atoms with Gasteiger partial charge in [-0.25, -0.2) is 0 Å². The maximum absolute atomic E-state index is 5.50. The monoisotopic (exact) mass is 267 g/mol. The van der Waals surface area contributed by atoms with Crippen molar-refractivity contribution in [2.45, 2.75) is 31.6 Å². The molecule has 1 aliphatic rings. The van der Waals surface area contributed by atoms with Crippen LogP contribution < -0.4 is 5.73 Å². The lowest BCUT2D eigenvalue weighted by atomic mass is 10.1. The molecule has 1 fully saturated rings. The lowest BCUT2D eigenvalue weighted by Crippen LogP contribution is -2.05. The summed E-state index contributed by atoms with van der Waals surface area (Å²) in [4.78, 5) is 0.889. The number of fused-ring (bicyclic) bond motifs is 1. The molecule has 2 aromatic heterocycles. The molecule has 3 heterocycles. The lowest BCUT2D eigenvalue weighted by Gasteiger charge is -2.01. The van der Waals surface area contributed by atoms with Gasteiger partial charge in [0.05, 0.1) is 6.61 Å². The summed E-state index contributed by atoms with van der Waals surface area (Å²) in [6.45, 7) is 2.29. The minimum atomic E-state index is 0.346. The first-order valence-electron chi connectivity index (χ1n) is 6.37. The Morgan fingerprint density at radius 1 is 1.39 bits per heavy atom. The fourth-order valence-electron chi connectivity index (χ4n) is 2.19. The van der Waals surface area contributed by atoms with Gasteiger partial charge in [-0.05, 0) is 25.8 Å². The molecule has 0 bridgehead atoms. The number of rotatable bonds is 5. The Balaban J connectivity index is 1.79. The Bertz CT molecular complexity index is 516. The van der Waals surface area contributed by atoms with E-state index in [4.69, 9.17) is 10.5 Å². The molecule has 2 N–H and O–H groups in total. The smallest absolute Gasteiger partial charge is 0.234 e. The van der Waals surface area contributed by atoms with Crippen LogP contribution in [-0.4, -0.2) is 39.6 Å². The van der Waals surface area contributed by atoms with Gasteiger partial charge in [0.25, 0.3) is 0 Å². The van der Waals surface area contributed by atoms with Gasteiger partial charge in [-0.15, -0.1) is 10.2 Å². The van der Waals surface area contributed by atoms with Crippen LogP contribution in [-0.2, 0) is 11.2 Å². The standard InChI is InChI=1S/C11H17N5OS/c12-5-2-1-3-9-15-16-10(8-4-6-17-7-8)13-14-11(16)18-9/h8H,1-7,12H2. The predicted molar refractivity (Wildman–Crippen MR) is 68.8 cm³/mol. The highest BCUT2D eigenvalue weighted by atomic mass is 32.1. The number of aromatic nitrogens is 4. The van der Waals surface area contributed by atoms with Crippen molar-refractivity contribution in [2.75, 3.05) is 19.8 Å². The third-order valence-electron chi connectivity index (χ3n) is 3.20. The zero-order valence-electron chi connectivity index (χ0n) is 10.2. The van der Waals surface area contributed by atoms with E-state index < -0.39 is 0 Å². The molecule has 18 heavy (non-hydrogen) atoms. The van der Waals surface area contributed by atoms with Gasteiger partial charge in [0.1, 0.15) is 5.01 Å². The van der Waals surface area contributed by atoms with Crippen LogP contribution in [0.1, 0.15) is 36.0 Å². The van der Waals surface area contributed by atoms with Crippen LogP contribution in [0.4, 0.5) is 0 Å². The Morgan fingerprint density at radius 3 is 3.11 bits per heavy atom. The van der Waals surface area contributed by atoms with Crippen LogP contribution in [0.15, 0.2) is 0 Å². The number of nitrogens with two attached hydrogens (primary N) is 1. The van der Waals surface area contributed by atoms with Crippen molar-refractivity contribution in [3.63, 3.8) is 0 Å². The molecule has 1 atom stereocenters. The van der Waals surface area contributed by atoms with Crippen molar-refractivity contribution in [3.05, 3.63) is 10.8 Å².